The highest BCUT2D eigenvalue weighted by Gasteiger charge is 2.10. The van der Waals surface area contributed by atoms with E-state index in [0.29, 0.717) is 11.6 Å². The summed E-state index contributed by atoms with van der Waals surface area (Å²) in [6.07, 6.45) is 1.08. The Balaban J connectivity index is 2.21. The van der Waals surface area contributed by atoms with E-state index in [1.807, 2.05) is 6.07 Å². The lowest BCUT2D eigenvalue weighted by Gasteiger charge is -2.09. The molecule has 0 aliphatic carbocycles. The van der Waals surface area contributed by atoms with E-state index in [1.165, 1.54) is 12.1 Å². The lowest BCUT2D eigenvalue weighted by molar-refractivity contribution is 0.600. The predicted octanol–water partition coefficient (Wildman–Crippen LogP) is 3.49. The number of benzene rings is 2. The van der Waals surface area contributed by atoms with Gasteiger partial charge in [0.05, 0.1) is 10.6 Å². The summed E-state index contributed by atoms with van der Waals surface area (Å²) in [5, 5.41) is 3.46. The summed E-state index contributed by atoms with van der Waals surface area (Å²) in [6.45, 7) is 0.352. The maximum Gasteiger partial charge on any atom is 0.175 e. The number of anilines is 1. The summed E-state index contributed by atoms with van der Waals surface area (Å²) < 4.78 is 36.6. The zero-order valence-electron chi connectivity index (χ0n) is 10.7. The number of rotatable bonds is 4. The van der Waals surface area contributed by atoms with E-state index in [9.17, 15) is 12.8 Å². The first-order valence-electron chi connectivity index (χ1n) is 5.84. The highest BCUT2D eigenvalue weighted by Crippen LogP contribution is 2.20. The minimum Gasteiger partial charge on any atom is -0.379 e. The molecule has 0 saturated carbocycles. The molecule has 0 amide bonds. The zero-order chi connectivity index (χ0) is 14.8. The first-order valence-corrected chi connectivity index (χ1v) is 8.11. The van der Waals surface area contributed by atoms with Crippen molar-refractivity contribution >= 4 is 27.1 Å². The van der Waals surface area contributed by atoms with E-state index in [4.69, 9.17) is 11.6 Å². The molecule has 0 saturated heterocycles. The molecule has 2 aromatic carbocycles. The summed E-state index contributed by atoms with van der Waals surface area (Å²) in [5.41, 5.74) is 1.02. The smallest absolute Gasteiger partial charge is 0.175 e. The molecule has 0 atom stereocenters. The Morgan fingerprint density at radius 3 is 2.60 bits per heavy atom. The molecule has 0 fully saturated rings. The van der Waals surface area contributed by atoms with Crippen molar-refractivity contribution in [1.82, 2.24) is 0 Å². The van der Waals surface area contributed by atoms with Crippen LogP contribution in [0.1, 0.15) is 5.56 Å². The Kier molecular flexibility index (Phi) is 4.30. The van der Waals surface area contributed by atoms with Crippen molar-refractivity contribution in [3.8, 4) is 0 Å². The molecule has 0 aromatic heterocycles. The SMILES string of the molecule is CS(=O)(=O)c1ccc(F)c(NCc2cccc(Cl)c2)c1. The second-order valence-electron chi connectivity index (χ2n) is 4.40. The van der Waals surface area contributed by atoms with E-state index >= 15 is 0 Å². The Morgan fingerprint density at radius 2 is 1.95 bits per heavy atom. The van der Waals surface area contributed by atoms with Gasteiger partial charge in [-0.25, -0.2) is 12.8 Å². The molecule has 0 heterocycles. The first kappa shape index (κ1) is 14.8. The lowest BCUT2D eigenvalue weighted by atomic mass is 10.2. The van der Waals surface area contributed by atoms with Gasteiger partial charge < -0.3 is 5.32 Å². The fourth-order valence-corrected chi connectivity index (χ4v) is 2.57. The predicted molar refractivity (Wildman–Crippen MR) is 78.3 cm³/mol. The number of hydrogen-bond donors (Lipinski definition) is 1. The molecule has 0 unspecified atom stereocenters. The fourth-order valence-electron chi connectivity index (χ4n) is 1.71. The third-order valence-corrected chi connectivity index (χ3v) is 4.08. The molecule has 2 aromatic rings. The van der Waals surface area contributed by atoms with Gasteiger partial charge in [-0.1, -0.05) is 23.7 Å². The number of sulfone groups is 1. The highest BCUT2D eigenvalue weighted by atomic mass is 35.5. The zero-order valence-corrected chi connectivity index (χ0v) is 12.3. The largest absolute Gasteiger partial charge is 0.379 e. The van der Waals surface area contributed by atoms with Crippen LogP contribution < -0.4 is 5.32 Å². The van der Waals surface area contributed by atoms with Gasteiger partial charge in [0.15, 0.2) is 9.84 Å². The Hall–Kier alpha value is -1.59. The molecule has 6 heteroatoms. The first-order chi connectivity index (χ1) is 9.36. The molecular formula is C14H13ClFNO2S. The van der Waals surface area contributed by atoms with Crippen molar-refractivity contribution in [2.45, 2.75) is 11.4 Å². The van der Waals surface area contributed by atoms with Crippen LogP contribution in [0, 0.1) is 5.82 Å². The highest BCUT2D eigenvalue weighted by molar-refractivity contribution is 7.90. The minimum absolute atomic E-state index is 0.0764. The summed E-state index contributed by atoms with van der Waals surface area (Å²) >= 11 is 5.86. The average Bonchev–Trinajstić information content (AvgIpc) is 2.36. The van der Waals surface area contributed by atoms with E-state index in [1.54, 1.807) is 18.2 Å². The quantitative estimate of drug-likeness (QED) is 0.879. The van der Waals surface area contributed by atoms with Gasteiger partial charge in [-0.2, -0.15) is 0 Å². The van der Waals surface area contributed by atoms with Crippen LogP contribution in [0.2, 0.25) is 5.02 Å². The monoisotopic (exact) mass is 313 g/mol. The second-order valence-corrected chi connectivity index (χ2v) is 6.85. The normalized spacial score (nSPS) is 11.3. The van der Waals surface area contributed by atoms with E-state index in [0.717, 1.165) is 17.9 Å². The van der Waals surface area contributed by atoms with Gasteiger partial charge in [0.25, 0.3) is 0 Å². The van der Waals surface area contributed by atoms with Gasteiger partial charge in [0.1, 0.15) is 5.82 Å². The van der Waals surface area contributed by atoms with Crippen molar-refractivity contribution < 1.29 is 12.8 Å². The Bertz CT molecular complexity index is 732. The third-order valence-electron chi connectivity index (χ3n) is 2.74. The van der Waals surface area contributed by atoms with Gasteiger partial charge in [-0.3, -0.25) is 0 Å². The lowest BCUT2D eigenvalue weighted by Crippen LogP contribution is -2.04. The van der Waals surface area contributed by atoms with Crippen LogP contribution in [0.5, 0.6) is 0 Å². The van der Waals surface area contributed by atoms with Crippen LogP contribution in [0.25, 0.3) is 0 Å². The van der Waals surface area contributed by atoms with E-state index < -0.39 is 15.7 Å². The molecule has 106 valence electrons. The van der Waals surface area contributed by atoms with Crippen molar-refractivity contribution in [3.63, 3.8) is 0 Å². The van der Waals surface area contributed by atoms with Gasteiger partial charge in [-0.15, -0.1) is 0 Å². The van der Waals surface area contributed by atoms with Gasteiger partial charge in [-0.05, 0) is 35.9 Å². The van der Waals surface area contributed by atoms with Crippen LogP contribution >= 0.6 is 11.6 Å². The number of halogens is 2. The second kappa shape index (κ2) is 5.81. The van der Waals surface area contributed by atoms with Crippen LogP contribution in [0.15, 0.2) is 47.4 Å². The molecule has 1 N–H and O–H groups in total. The van der Waals surface area contributed by atoms with Crippen LogP contribution in [-0.4, -0.2) is 14.7 Å². The Labute approximate surface area is 122 Å². The summed E-state index contributed by atoms with van der Waals surface area (Å²) in [6, 6.07) is 10.8. The van der Waals surface area contributed by atoms with Gasteiger partial charge in [0, 0.05) is 17.8 Å². The topological polar surface area (TPSA) is 46.2 Å². The van der Waals surface area contributed by atoms with E-state index in [2.05, 4.69) is 5.32 Å². The summed E-state index contributed by atoms with van der Waals surface area (Å²) in [7, 11) is -3.36. The van der Waals surface area contributed by atoms with Crippen molar-refractivity contribution in [2.24, 2.45) is 0 Å². The van der Waals surface area contributed by atoms with Crippen LogP contribution in [0.3, 0.4) is 0 Å². The molecule has 0 aliphatic heterocycles. The van der Waals surface area contributed by atoms with E-state index in [-0.39, 0.29) is 10.6 Å². The molecule has 20 heavy (non-hydrogen) atoms. The number of nitrogens with one attached hydrogen (secondary N) is 1. The number of hydrogen-bond acceptors (Lipinski definition) is 3. The standard InChI is InChI=1S/C14H13ClFNO2S/c1-20(18,19)12-5-6-13(16)14(8-12)17-9-10-3-2-4-11(15)7-10/h2-8,17H,9H2,1H3. The average molecular weight is 314 g/mol. The van der Waals surface area contributed by atoms with Crippen molar-refractivity contribution in [1.29, 1.82) is 0 Å². The molecule has 0 aliphatic rings. The van der Waals surface area contributed by atoms with Gasteiger partial charge >= 0.3 is 0 Å². The van der Waals surface area contributed by atoms with Gasteiger partial charge in [0.2, 0.25) is 0 Å². The summed E-state index contributed by atoms with van der Waals surface area (Å²) in [5.74, 6) is -0.501. The maximum atomic E-state index is 13.7. The molecule has 2 rings (SSSR count). The van der Waals surface area contributed by atoms with Crippen LogP contribution in [-0.2, 0) is 16.4 Å². The maximum absolute atomic E-state index is 13.7. The van der Waals surface area contributed by atoms with Crippen molar-refractivity contribution in [2.75, 3.05) is 11.6 Å². The molecule has 0 radical (unpaired) electrons. The summed E-state index contributed by atoms with van der Waals surface area (Å²) in [4.78, 5) is 0.0764. The molecular weight excluding hydrogens is 301 g/mol. The molecule has 0 spiro atoms. The third kappa shape index (κ3) is 3.71. The molecule has 0 bridgehead atoms. The van der Waals surface area contributed by atoms with Crippen molar-refractivity contribution in [3.05, 3.63) is 58.9 Å². The Morgan fingerprint density at radius 1 is 1.20 bits per heavy atom. The fraction of sp³-hybridized carbons (Fsp3) is 0.143. The van der Waals surface area contributed by atoms with Crippen LogP contribution in [0.4, 0.5) is 10.1 Å². The molecule has 3 nitrogen and oxygen atoms in total. The minimum atomic E-state index is -3.36.